The number of fused-ring (bicyclic) bond motifs is 1. The Balaban J connectivity index is 1.17. The number of nitrogens with one attached hydrogen (secondary N) is 4. The van der Waals surface area contributed by atoms with E-state index in [0.29, 0.717) is 58.2 Å². The van der Waals surface area contributed by atoms with E-state index in [4.69, 9.17) is 11.6 Å². The molecular formula is C33H42ClF3N8O3. The maximum Gasteiger partial charge on any atom is 0.418 e. The molecule has 0 unspecified atom stereocenters. The van der Waals surface area contributed by atoms with Crippen molar-refractivity contribution in [2.24, 2.45) is 0 Å². The van der Waals surface area contributed by atoms with Gasteiger partial charge in [-0.3, -0.25) is 14.3 Å². The fourth-order valence-corrected chi connectivity index (χ4v) is 7.73. The van der Waals surface area contributed by atoms with Gasteiger partial charge in [-0.2, -0.15) is 13.2 Å². The summed E-state index contributed by atoms with van der Waals surface area (Å²) in [7, 11) is 1.37. The number of piperazine rings is 1. The molecular weight excluding hydrogens is 649 g/mol. The molecule has 0 radical (unpaired) electrons. The van der Waals surface area contributed by atoms with Crippen LogP contribution in [-0.4, -0.2) is 108 Å². The lowest BCUT2D eigenvalue weighted by atomic mass is 10.00. The van der Waals surface area contributed by atoms with E-state index >= 15 is 0 Å². The van der Waals surface area contributed by atoms with Crippen LogP contribution in [0.3, 0.4) is 0 Å². The Morgan fingerprint density at radius 1 is 0.958 bits per heavy atom. The molecule has 0 aliphatic carbocycles. The number of aromatic amines is 1. The van der Waals surface area contributed by atoms with Crippen LogP contribution in [0.4, 0.5) is 23.7 Å². The van der Waals surface area contributed by atoms with Gasteiger partial charge in [0.2, 0.25) is 5.91 Å². The summed E-state index contributed by atoms with van der Waals surface area (Å²) in [4.78, 5) is 49.0. The summed E-state index contributed by atoms with van der Waals surface area (Å²) >= 11 is 6.28. The molecule has 3 aromatic rings. The van der Waals surface area contributed by atoms with Gasteiger partial charge in [-0.1, -0.05) is 23.7 Å². The van der Waals surface area contributed by atoms with Crippen LogP contribution < -0.4 is 21.6 Å². The minimum absolute atomic E-state index is 0.111. The minimum atomic E-state index is -4.68. The molecule has 1 atom stereocenters. The fourth-order valence-electron chi connectivity index (χ4n) is 7.40. The summed E-state index contributed by atoms with van der Waals surface area (Å²) in [5.74, 6) is -0.337. The zero-order valence-corrected chi connectivity index (χ0v) is 27.7. The first-order valence-electron chi connectivity index (χ1n) is 16.6. The smallest absolute Gasteiger partial charge is 0.386 e. The number of halogens is 4. The van der Waals surface area contributed by atoms with Crippen LogP contribution in [0.1, 0.15) is 42.9 Å². The number of hydrogen-bond donors (Lipinski definition) is 4. The number of rotatable bonds is 7. The number of alkyl halides is 3. The van der Waals surface area contributed by atoms with Crippen molar-refractivity contribution in [3.8, 4) is 0 Å². The number of piperidine rings is 2. The Hall–Kier alpha value is -3.75. The molecule has 48 heavy (non-hydrogen) atoms. The highest BCUT2D eigenvalue weighted by Crippen LogP contribution is 2.39. The number of nitrogens with zero attached hydrogens (tertiary/aromatic N) is 4. The van der Waals surface area contributed by atoms with E-state index in [1.165, 1.54) is 13.1 Å². The molecule has 0 bridgehead atoms. The van der Waals surface area contributed by atoms with E-state index in [1.54, 1.807) is 14.4 Å². The van der Waals surface area contributed by atoms with Gasteiger partial charge >= 0.3 is 17.9 Å². The maximum absolute atomic E-state index is 14.0. The SMILES string of the molecule is CNc1c(Cl)cc(C[C@@H](NC(=O)N2CCC(n3c(=O)[nH]c4ccccc43)CC2)C(=O)N2CCN(C3CCNCC3)CC2)cc1C(F)(F)F. The van der Waals surface area contributed by atoms with Gasteiger partial charge in [-0.05, 0) is 68.6 Å². The van der Waals surface area contributed by atoms with Crippen LogP contribution >= 0.6 is 11.6 Å². The molecule has 3 fully saturated rings. The quantitative estimate of drug-likeness (QED) is 0.299. The highest BCUT2D eigenvalue weighted by Gasteiger charge is 2.37. The Kier molecular flexibility index (Phi) is 10.2. The summed E-state index contributed by atoms with van der Waals surface area (Å²) in [6, 6.07) is 8.62. The minimum Gasteiger partial charge on any atom is -0.386 e. The molecule has 11 nitrogen and oxygen atoms in total. The first-order chi connectivity index (χ1) is 23.0. The van der Waals surface area contributed by atoms with Gasteiger partial charge in [0, 0.05) is 64.8 Å². The standard InChI is InChI=1S/C33H42ClF3N8O3/c1-38-29-24(33(35,36)37)18-21(19-25(29)34)20-27(30(46)43-16-14-42(15-17-43)22-6-10-39-11-7-22)41-31(47)44-12-8-23(9-13-44)45-28-5-3-2-4-26(28)40-32(45)48/h2-5,18-19,22-23,27,38-39H,6-17,20H2,1H3,(H,40,48)(H,41,47)/t27-/m1/s1. The van der Waals surface area contributed by atoms with Crippen LogP contribution in [0.25, 0.3) is 11.0 Å². The van der Waals surface area contributed by atoms with Crippen molar-refractivity contribution in [3.05, 3.63) is 63.0 Å². The molecule has 3 aliphatic heterocycles. The molecule has 0 spiro atoms. The van der Waals surface area contributed by atoms with E-state index in [-0.39, 0.29) is 40.3 Å². The number of urea groups is 1. The van der Waals surface area contributed by atoms with Crippen molar-refractivity contribution in [1.29, 1.82) is 0 Å². The number of carbonyl (C=O) groups excluding carboxylic acids is 2. The van der Waals surface area contributed by atoms with Crippen molar-refractivity contribution >= 4 is 40.3 Å². The topological polar surface area (TPSA) is 118 Å². The number of aromatic nitrogens is 2. The number of H-pyrrole nitrogens is 1. The van der Waals surface area contributed by atoms with Crippen molar-refractivity contribution in [2.75, 3.05) is 64.7 Å². The monoisotopic (exact) mass is 690 g/mol. The molecule has 4 N–H and O–H groups in total. The average Bonchev–Trinajstić information content (AvgIpc) is 3.43. The van der Waals surface area contributed by atoms with E-state index in [9.17, 15) is 27.6 Å². The normalized spacial score (nSPS) is 19.4. The fraction of sp³-hybridized carbons (Fsp3) is 0.545. The van der Waals surface area contributed by atoms with Gasteiger partial charge in [0.15, 0.2) is 0 Å². The Morgan fingerprint density at radius 3 is 2.31 bits per heavy atom. The van der Waals surface area contributed by atoms with E-state index in [0.717, 1.165) is 43.0 Å². The molecule has 1 aromatic heterocycles. The lowest BCUT2D eigenvalue weighted by Gasteiger charge is -2.42. The Labute approximate surface area is 281 Å². The molecule has 2 aromatic carbocycles. The van der Waals surface area contributed by atoms with Crippen LogP contribution in [0.2, 0.25) is 5.02 Å². The van der Waals surface area contributed by atoms with Gasteiger partial charge in [0.25, 0.3) is 0 Å². The van der Waals surface area contributed by atoms with Gasteiger partial charge in [-0.15, -0.1) is 0 Å². The lowest BCUT2D eigenvalue weighted by Crippen LogP contribution is -2.59. The van der Waals surface area contributed by atoms with Gasteiger partial charge in [-0.25, -0.2) is 9.59 Å². The van der Waals surface area contributed by atoms with E-state index < -0.39 is 23.8 Å². The molecule has 3 aliphatic rings. The van der Waals surface area contributed by atoms with Crippen molar-refractivity contribution in [2.45, 2.75) is 56.4 Å². The molecule has 6 rings (SSSR count). The Bertz CT molecular complexity index is 1670. The van der Waals surface area contributed by atoms with E-state index in [1.807, 2.05) is 24.3 Å². The number of imidazole rings is 1. The van der Waals surface area contributed by atoms with Gasteiger partial charge in [0.05, 0.1) is 27.3 Å². The number of amides is 3. The first kappa shape index (κ1) is 34.1. The predicted octanol–water partition coefficient (Wildman–Crippen LogP) is 3.90. The first-order valence-corrected chi connectivity index (χ1v) is 17.0. The second-order valence-corrected chi connectivity index (χ2v) is 13.2. The van der Waals surface area contributed by atoms with Crippen molar-refractivity contribution < 1.29 is 22.8 Å². The largest absolute Gasteiger partial charge is 0.418 e. The molecule has 4 heterocycles. The predicted molar refractivity (Wildman–Crippen MR) is 178 cm³/mol. The number of likely N-dealkylation sites (tertiary alicyclic amines) is 1. The molecule has 3 amide bonds. The Morgan fingerprint density at radius 2 is 1.65 bits per heavy atom. The third-order valence-corrected chi connectivity index (χ3v) is 10.2. The highest BCUT2D eigenvalue weighted by atomic mass is 35.5. The van der Waals surface area contributed by atoms with Crippen molar-refractivity contribution in [1.82, 2.24) is 34.9 Å². The van der Waals surface area contributed by atoms with Crippen LogP contribution in [0, 0.1) is 0 Å². The summed E-state index contributed by atoms with van der Waals surface area (Å²) in [5.41, 5.74) is 0.359. The van der Waals surface area contributed by atoms with Crippen molar-refractivity contribution in [3.63, 3.8) is 0 Å². The third kappa shape index (κ3) is 7.30. The molecule has 0 saturated carbocycles. The number of para-hydroxylation sites is 2. The van der Waals surface area contributed by atoms with Crippen LogP contribution in [0.15, 0.2) is 41.2 Å². The summed E-state index contributed by atoms with van der Waals surface area (Å²) in [6.07, 6.45) is -1.69. The van der Waals surface area contributed by atoms with Crippen LogP contribution in [-0.2, 0) is 17.4 Å². The summed E-state index contributed by atoms with van der Waals surface area (Å²) < 4.78 is 43.7. The zero-order chi connectivity index (χ0) is 34.0. The second-order valence-electron chi connectivity index (χ2n) is 12.8. The molecule has 260 valence electrons. The van der Waals surface area contributed by atoms with Gasteiger partial charge < -0.3 is 30.7 Å². The third-order valence-electron chi connectivity index (χ3n) is 9.93. The van der Waals surface area contributed by atoms with Gasteiger partial charge in [0.1, 0.15) is 6.04 Å². The lowest BCUT2D eigenvalue weighted by molar-refractivity contribution is -0.137. The number of benzene rings is 2. The number of hydrogen-bond acceptors (Lipinski definition) is 6. The highest BCUT2D eigenvalue weighted by molar-refractivity contribution is 6.33. The molecule has 15 heteroatoms. The molecule has 3 saturated heterocycles. The van der Waals surface area contributed by atoms with Crippen LogP contribution in [0.5, 0.6) is 0 Å². The number of carbonyl (C=O) groups is 2. The second kappa shape index (κ2) is 14.4. The zero-order valence-electron chi connectivity index (χ0n) is 26.9. The summed E-state index contributed by atoms with van der Waals surface area (Å²) in [6.45, 7) is 4.93. The summed E-state index contributed by atoms with van der Waals surface area (Å²) in [5, 5.41) is 8.64. The van der Waals surface area contributed by atoms with E-state index in [2.05, 4.69) is 25.8 Å². The number of anilines is 1. The maximum atomic E-state index is 14.0. The average molecular weight is 691 g/mol.